The van der Waals surface area contributed by atoms with E-state index in [1.165, 1.54) is 0 Å². The van der Waals surface area contributed by atoms with Crippen LogP contribution in [0.2, 0.25) is 0 Å². The maximum absolute atomic E-state index is 11.3. The van der Waals surface area contributed by atoms with Crippen molar-refractivity contribution in [1.29, 1.82) is 0 Å². The molecule has 218 valence electrons. The summed E-state index contributed by atoms with van der Waals surface area (Å²) >= 11 is 7.07. The van der Waals surface area contributed by atoms with Crippen LogP contribution in [0.25, 0.3) is 54.7 Å². The Morgan fingerprint density at radius 3 is 1.18 bits per heavy atom. The Bertz CT molecular complexity index is 2090. The third-order valence-electron chi connectivity index (χ3n) is 7.54. The molecule has 0 aliphatic heterocycles. The van der Waals surface area contributed by atoms with E-state index in [1.54, 1.807) is 0 Å². The fraction of sp³-hybridized carbons (Fsp3) is 0.200. The first-order chi connectivity index (χ1) is 19.9. The van der Waals surface area contributed by atoms with Crippen LogP contribution in [0.3, 0.4) is 0 Å². The van der Waals surface area contributed by atoms with Crippen molar-refractivity contribution in [3.8, 4) is 11.1 Å². The number of aromatic nitrogens is 2. The van der Waals surface area contributed by atoms with Crippen molar-refractivity contribution >= 4 is 95.7 Å². The van der Waals surface area contributed by atoms with Gasteiger partial charge in [0.2, 0.25) is 0 Å². The third kappa shape index (κ3) is 7.69. The normalized spacial score (nSPS) is 12.2. The minimum Gasteiger partial charge on any atom is -0.748 e. The van der Waals surface area contributed by atoms with Gasteiger partial charge in [-0.3, -0.25) is 0 Å². The van der Waals surface area contributed by atoms with Gasteiger partial charge >= 0.3 is 59.1 Å². The van der Waals surface area contributed by atoms with Gasteiger partial charge in [0.1, 0.15) is 0 Å². The molecular formula is C30H24Br2N2Na2O6S2. The largest absolute Gasteiger partial charge is 1.00 e. The Morgan fingerprint density at radius 2 is 0.841 bits per heavy atom. The zero-order chi connectivity index (χ0) is 29.8. The zero-order valence-electron chi connectivity index (χ0n) is 24.1. The minimum atomic E-state index is -4.33. The molecular weight excluding hydrogens is 754 g/mol. The van der Waals surface area contributed by atoms with E-state index in [9.17, 15) is 25.9 Å². The van der Waals surface area contributed by atoms with E-state index in [0.717, 1.165) is 63.7 Å². The molecule has 0 unspecified atom stereocenters. The smallest absolute Gasteiger partial charge is 0.748 e. The zero-order valence-corrected chi connectivity index (χ0v) is 32.9. The van der Waals surface area contributed by atoms with E-state index >= 15 is 0 Å². The van der Waals surface area contributed by atoms with E-state index in [2.05, 4.69) is 65.3 Å². The molecule has 6 aromatic rings. The summed E-state index contributed by atoms with van der Waals surface area (Å²) in [5.41, 5.74) is 5.63. The predicted octanol–water partition coefficient (Wildman–Crippen LogP) is 0.973. The van der Waals surface area contributed by atoms with Crippen molar-refractivity contribution in [1.82, 2.24) is 9.13 Å². The number of hydrogen-bond acceptors (Lipinski definition) is 6. The molecule has 2 heterocycles. The summed E-state index contributed by atoms with van der Waals surface area (Å²) in [4.78, 5) is 0. The Labute approximate surface area is 316 Å². The first-order valence-electron chi connectivity index (χ1n) is 13.2. The first-order valence-corrected chi connectivity index (χ1v) is 17.9. The van der Waals surface area contributed by atoms with Gasteiger partial charge in [-0.2, -0.15) is 0 Å². The monoisotopic (exact) mass is 776 g/mol. The van der Waals surface area contributed by atoms with Gasteiger partial charge in [0, 0.05) is 66.1 Å². The standard InChI is InChI=1S/C30H26Br2N2O6S2.2Na/c31-21-5-9-25-23-7-3-19(15-27(23)33(29(25)17-21)11-1-13-41(35,36)37)20-4-8-24-26-10-6-22(32)18-30(26)34(28(24)16-20)12-2-14-42(38,39)40;;/h3-10,15-18H,1-2,11-14H2,(H,35,36,37)(H,38,39,40);;/q;2*+1/p-2. The number of benzene rings is 4. The van der Waals surface area contributed by atoms with Crippen molar-refractivity contribution in [3.63, 3.8) is 0 Å². The van der Waals surface area contributed by atoms with Crippen LogP contribution in [0.1, 0.15) is 12.8 Å². The van der Waals surface area contributed by atoms with Crippen LogP contribution in [0.4, 0.5) is 0 Å². The van der Waals surface area contributed by atoms with Gasteiger partial charge in [0.15, 0.2) is 0 Å². The second-order valence-electron chi connectivity index (χ2n) is 10.3. The maximum Gasteiger partial charge on any atom is 1.00 e. The fourth-order valence-corrected chi connectivity index (χ4v) is 7.44. The number of halogens is 2. The summed E-state index contributed by atoms with van der Waals surface area (Å²) in [5, 5.41) is 4.09. The van der Waals surface area contributed by atoms with Crippen molar-refractivity contribution in [2.45, 2.75) is 25.9 Å². The Kier molecular flexibility index (Phi) is 11.6. The second-order valence-corrected chi connectivity index (χ2v) is 15.2. The molecule has 2 aromatic heterocycles. The summed E-state index contributed by atoms with van der Waals surface area (Å²) in [6, 6.07) is 24.3. The van der Waals surface area contributed by atoms with E-state index in [0.29, 0.717) is 13.1 Å². The summed E-state index contributed by atoms with van der Waals surface area (Å²) in [7, 11) is -8.65. The quantitative estimate of drug-likeness (QED) is 0.159. The van der Waals surface area contributed by atoms with Crippen LogP contribution in [0.5, 0.6) is 0 Å². The molecule has 0 bridgehead atoms. The molecule has 0 amide bonds. The average molecular weight is 778 g/mol. The van der Waals surface area contributed by atoms with Crippen LogP contribution in [-0.2, 0) is 33.3 Å². The molecule has 0 saturated heterocycles. The summed E-state index contributed by atoms with van der Waals surface area (Å²) < 4.78 is 73.6. The van der Waals surface area contributed by atoms with Gasteiger partial charge in [-0.1, -0.05) is 68.3 Å². The van der Waals surface area contributed by atoms with Crippen LogP contribution in [0.15, 0.2) is 81.7 Å². The molecule has 0 saturated carbocycles. The van der Waals surface area contributed by atoms with E-state index in [1.807, 2.05) is 48.5 Å². The van der Waals surface area contributed by atoms with Crippen molar-refractivity contribution in [3.05, 3.63) is 81.7 Å². The van der Waals surface area contributed by atoms with Gasteiger partial charge in [0.05, 0.1) is 31.3 Å². The van der Waals surface area contributed by atoms with Crippen molar-refractivity contribution in [2.75, 3.05) is 11.5 Å². The maximum atomic E-state index is 11.3. The summed E-state index contributed by atoms with van der Waals surface area (Å²) in [6.07, 6.45) is 0.393. The molecule has 0 N–H and O–H groups in total. The van der Waals surface area contributed by atoms with Gasteiger partial charge < -0.3 is 18.2 Å². The molecule has 0 aliphatic carbocycles. The molecule has 0 fully saturated rings. The SMILES string of the molecule is O=S(=O)([O-])CCCn1c2cc(Br)ccc2c2ccc(-c3ccc4c5ccc(Br)cc5n(CCCS(=O)(=O)[O-])c4c3)cc21.[Na+].[Na+]. The summed E-state index contributed by atoms with van der Waals surface area (Å²) in [6.45, 7) is 0.734. The predicted molar refractivity (Wildman–Crippen MR) is 172 cm³/mol. The van der Waals surface area contributed by atoms with E-state index in [-0.39, 0.29) is 72.0 Å². The molecule has 0 radical (unpaired) electrons. The Balaban J connectivity index is 0.00000221. The Hall–Kier alpha value is -0.740. The number of hydrogen-bond donors (Lipinski definition) is 0. The Morgan fingerprint density at radius 1 is 0.523 bits per heavy atom. The molecule has 0 spiro atoms. The molecule has 8 nitrogen and oxygen atoms in total. The number of aryl methyl sites for hydroxylation is 2. The summed E-state index contributed by atoms with van der Waals surface area (Å²) in [5.74, 6) is -0.875. The van der Waals surface area contributed by atoms with Gasteiger partial charge in [-0.05, 0) is 60.4 Å². The third-order valence-corrected chi connectivity index (χ3v) is 10.1. The number of nitrogens with zero attached hydrogens (tertiary/aromatic N) is 2. The van der Waals surface area contributed by atoms with Crippen LogP contribution < -0.4 is 59.1 Å². The fourth-order valence-electron chi connectivity index (χ4n) is 5.78. The number of rotatable bonds is 9. The van der Waals surface area contributed by atoms with Gasteiger partial charge in [-0.25, -0.2) is 16.8 Å². The minimum absolute atomic E-state index is 0. The van der Waals surface area contributed by atoms with Crippen LogP contribution >= 0.6 is 31.9 Å². The molecule has 0 aliphatic rings. The topological polar surface area (TPSA) is 124 Å². The number of fused-ring (bicyclic) bond motifs is 6. The molecule has 6 rings (SSSR count). The van der Waals surface area contributed by atoms with E-state index in [4.69, 9.17) is 0 Å². The molecule has 44 heavy (non-hydrogen) atoms. The van der Waals surface area contributed by atoms with Crippen molar-refractivity contribution in [2.24, 2.45) is 0 Å². The van der Waals surface area contributed by atoms with Crippen LogP contribution in [0, 0.1) is 0 Å². The molecule has 14 heteroatoms. The average Bonchev–Trinajstić information content (AvgIpc) is 3.38. The first kappa shape index (κ1) is 36.1. The van der Waals surface area contributed by atoms with Crippen molar-refractivity contribution < 1.29 is 85.1 Å². The van der Waals surface area contributed by atoms with Gasteiger partial charge in [0.25, 0.3) is 0 Å². The van der Waals surface area contributed by atoms with Gasteiger partial charge in [-0.15, -0.1) is 0 Å². The van der Waals surface area contributed by atoms with E-state index < -0.39 is 31.7 Å². The molecule has 0 atom stereocenters. The second kappa shape index (κ2) is 14.2. The van der Waals surface area contributed by atoms with Crippen LogP contribution in [-0.4, -0.2) is 46.6 Å². The molecule has 4 aromatic carbocycles.